The first-order valence-corrected chi connectivity index (χ1v) is 15.1. The average Bonchev–Trinajstić information content (AvgIpc) is 2.94. The second kappa shape index (κ2) is 15.0. The van der Waals surface area contributed by atoms with E-state index in [2.05, 4.69) is 13.5 Å². The maximum absolute atomic E-state index is 15.1. The molecule has 3 aliphatic carbocycles. The van der Waals surface area contributed by atoms with Crippen molar-refractivity contribution in [2.24, 2.45) is 23.7 Å². The van der Waals surface area contributed by atoms with Gasteiger partial charge in [-0.15, -0.1) is 0 Å². The van der Waals surface area contributed by atoms with E-state index in [9.17, 15) is 13.6 Å². The highest BCUT2D eigenvalue weighted by Crippen LogP contribution is 2.43. The van der Waals surface area contributed by atoms with Crippen molar-refractivity contribution in [2.45, 2.75) is 117 Å². The molecule has 3 rings (SSSR count). The molecular weight excluding hydrogens is 504 g/mol. The van der Waals surface area contributed by atoms with Crippen molar-refractivity contribution in [3.63, 3.8) is 0 Å². The zero-order valence-electron chi connectivity index (χ0n) is 24.0. The second-order valence-electron chi connectivity index (χ2n) is 11.6. The third kappa shape index (κ3) is 7.98. The Bertz CT molecular complexity index is 989. The summed E-state index contributed by atoms with van der Waals surface area (Å²) in [7, 11) is 0. The van der Waals surface area contributed by atoms with Crippen LogP contribution in [-0.4, -0.2) is 12.1 Å². The molecule has 39 heavy (non-hydrogen) atoms. The highest BCUT2D eigenvalue weighted by atomic mass is 19.2. The number of allylic oxidation sites excluding steroid dienone is 7. The molecule has 1 unspecified atom stereocenters. The highest BCUT2D eigenvalue weighted by molar-refractivity contribution is 5.93. The summed E-state index contributed by atoms with van der Waals surface area (Å²) < 4.78 is 65.3. The van der Waals surface area contributed by atoms with Crippen LogP contribution in [-0.2, 0) is 9.53 Å². The standard InChI is InChI=1S/C33H46F4O2/c1-5-8-10-25-17-20-28(32(37)30(25)35)24-15-18-26(19-16-24)39-33(38)27(7-3)31(36)29(34)21(4)23-13-11-22(9-6-2)12-14-23/h7,20,22-26H,4-6,8-19H2,1-3H3/b27-7+,31-29-. The van der Waals surface area contributed by atoms with Crippen molar-refractivity contribution >= 4 is 5.97 Å². The van der Waals surface area contributed by atoms with Crippen LogP contribution in [0.2, 0.25) is 0 Å². The van der Waals surface area contributed by atoms with E-state index in [0.717, 1.165) is 51.4 Å². The van der Waals surface area contributed by atoms with E-state index in [1.165, 1.54) is 13.0 Å². The van der Waals surface area contributed by atoms with E-state index in [0.29, 0.717) is 50.0 Å². The van der Waals surface area contributed by atoms with Gasteiger partial charge in [0.2, 0.25) is 0 Å². The van der Waals surface area contributed by atoms with Crippen LogP contribution in [0.3, 0.4) is 0 Å². The lowest BCUT2D eigenvalue weighted by atomic mass is 9.77. The third-order valence-electron chi connectivity index (χ3n) is 8.99. The highest BCUT2D eigenvalue weighted by Gasteiger charge is 2.34. The van der Waals surface area contributed by atoms with Crippen LogP contribution in [0.15, 0.2) is 58.8 Å². The molecule has 0 N–H and O–H groups in total. The molecule has 2 nitrogen and oxygen atoms in total. The fourth-order valence-electron chi connectivity index (χ4n) is 6.51. The summed E-state index contributed by atoms with van der Waals surface area (Å²) in [5.74, 6) is -4.53. The monoisotopic (exact) mass is 550 g/mol. The molecule has 0 aliphatic heterocycles. The summed E-state index contributed by atoms with van der Waals surface area (Å²) in [4.78, 5) is 12.8. The molecule has 0 aromatic carbocycles. The summed E-state index contributed by atoms with van der Waals surface area (Å²) in [6, 6.07) is 0. The Labute approximate surface area is 232 Å². The van der Waals surface area contributed by atoms with Crippen LogP contribution < -0.4 is 0 Å². The number of esters is 1. The van der Waals surface area contributed by atoms with Crippen molar-refractivity contribution in [3.8, 4) is 0 Å². The SMILES string of the molecule is C=C(/C(F)=C(F)\C(=C/C)C(=O)OC1CCC(C2=CCC(CCCC)C(F)=C2F)CC1)C1CCC(CCC)CC1. The van der Waals surface area contributed by atoms with Gasteiger partial charge in [0.05, 0.1) is 5.57 Å². The Hall–Kier alpha value is -2.11. The smallest absolute Gasteiger partial charge is 0.341 e. The molecule has 0 aromatic heterocycles. The Morgan fingerprint density at radius 1 is 0.974 bits per heavy atom. The maximum atomic E-state index is 15.1. The number of rotatable bonds is 11. The summed E-state index contributed by atoms with van der Waals surface area (Å²) in [6.07, 6.45) is 13.4. The lowest BCUT2D eigenvalue weighted by Crippen LogP contribution is -2.27. The van der Waals surface area contributed by atoms with Crippen LogP contribution >= 0.6 is 0 Å². The molecule has 218 valence electrons. The van der Waals surface area contributed by atoms with Crippen LogP contribution in [0, 0.1) is 23.7 Å². The Morgan fingerprint density at radius 3 is 2.23 bits per heavy atom. The molecule has 0 heterocycles. The molecule has 0 aromatic rings. The average molecular weight is 551 g/mol. The maximum Gasteiger partial charge on any atom is 0.341 e. The molecule has 0 spiro atoms. The van der Waals surface area contributed by atoms with E-state index < -0.39 is 41.0 Å². The van der Waals surface area contributed by atoms with E-state index in [1.54, 1.807) is 0 Å². The predicted octanol–water partition coefficient (Wildman–Crippen LogP) is 10.6. The molecule has 0 bridgehead atoms. The lowest BCUT2D eigenvalue weighted by Gasteiger charge is -2.31. The van der Waals surface area contributed by atoms with Gasteiger partial charge in [-0.25, -0.2) is 22.4 Å². The van der Waals surface area contributed by atoms with E-state index in [1.807, 2.05) is 13.0 Å². The van der Waals surface area contributed by atoms with Crippen molar-refractivity contribution in [2.75, 3.05) is 0 Å². The summed E-state index contributed by atoms with van der Waals surface area (Å²) in [5, 5.41) is 0. The third-order valence-corrected chi connectivity index (χ3v) is 8.99. The minimum atomic E-state index is -1.22. The topological polar surface area (TPSA) is 26.3 Å². The van der Waals surface area contributed by atoms with Crippen LogP contribution in [0.1, 0.15) is 111 Å². The van der Waals surface area contributed by atoms with E-state index in [4.69, 9.17) is 4.74 Å². The molecule has 1 atom stereocenters. The largest absolute Gasteiger partial charge is 0.459 e. The van der Waals surface area contributed by atoms with Gasteiger partial charge in [-0.05, 0) is 100 Å². The molecule has 3 aliphatic rings. The predicted molar refractivity (Wildman–Crippen MR) is 149 cm³/mol. The van der Waals surface area contributed by atoms with Gasteiger partial charge < -0.3 is 4.74 Å². The van der Waals surface area contributed by atoms with Gasteiger partial charge in [-0.2, -0.15) is 0 Å². The normalized spacial score (nSPS) is 29.1. The first-order chi connectivity index (χ1) is 18.7. The Kier molecular flexibility index (Phi) is 12.1. The number of unbranched alkanes of at least 4 members (excludes halogenated alkanes) is 1. The number of hydrogen-bond donors (Lipinski definition) is 0. The van der Waals surface area contributed by atoms with Gasteiger partial charge in [0.25, 0.3) is 0 Å². The minimum absolute atomic E-state index is 0.120. The van der Waals surface area contributed by atoms with Crippen molar-refractivity contribution in [1.29, 1.82) is 0 Å². The van der Waals surface area contributed by atoms with Gasteiger partial charge in [0.15, 0.2) is 17.5 Å². The fourth-order valence-corrected chi connectivity index (χ4v) is 6.51. The van der Waals surface area contributed by atoms with Crippen molar-refractivity contribution in [3.05, 3.63) is 58.8 Å². The first kappa shape index (κ1) is 31.4. The molecule has 2 fully saturated rings. The van der Waals surface area contributed by atoms with Crippen LogP contribution in [0.4, 0.5) is 17.6 Å². The summed E-state index contributed by atoms with van der Waals surface area (Å²) in [6.45, 7) is 9.49. The number of halogens is 4. The molecule has 0 amide bonds. The molecule has 2 saturated carbocycles. The fraction of sp³-hybridized carbons (Fsp3) is 0.667. The minimum Gasteiger partial charge on any atom is -0.459 e. The van der Waals surface area contributed by atoms with Crippen LogP contribution in [0.5, 0.6) is 0 Å². The quantitative estimate of drug-likeness (QED) is 0.111. The van der Waals surface area contributed by atoms with Gasteiger partial charge in [0, 0.05) is 5.92 Å². The zero-order chi connectivity index (χ0) is 28.5. The molecule has 0 saturated heterocycles. The lowest BCUT2D eigenvalue weighted by molar-refractivity contribution is -0.145. The number of carbonyl (C=O) groups is 1. The van der Waals surface area contributed by atoms with Gasteiger partial charge in [0.1, 0.15) is 11.9 Å². The van der Waals surface area contributed by atoms with E-state index >= 15 is 8.78 Å². The van der Waals surface area contributed by atoms with E-state index in [-0.39, 0.29) is 23.3 Å². The number of ether oxygens (including phenoxy) is 1. The number of carbonyl (C=O) groups excluding carboxylic acids is 1. The van der Waals surface area contributed by atoms with Crippen molar-refractivity contribution in [1.82, 2.24) is 0 Å². The number of hydrogen-bond acceptors (Lipinski definition) is 2. The molecule has 6 heteroatoms. The van der Waals surface area contributed by atoms with Crippen molar-refractivity contribution < 1.29 is 27.1 Å². The molecule has 0 radical (unpaired) electrons. The van der Waals surface area contributed by atoms with Gasteiger partial charge in [-0.1, -0.05) is 58.3 Å². The summed E-state index contributed by atoms with van der Waals surface area (Å²) >= 11 is 0. The second-order valence-corrected chi connectivity index (χ2v) is 11.6. The Morgan fingerprint density at radius 2 is 1.64 bits per heavy atom. The Balaban J connectivity index is 1.54. The molecular formula is C33H46F4O2. The first-order valence-electron chi connectivity index (χ1n) is 15.1. The van der Waals surface area contributed by atoms with Gasteiger partial charge >= 0.3 is 5.97 Å². The zero-order valence-corrected chi connectivity index (χ0v) is 24.0. The summed E-state index contributed by atoms with van der Waals surface area (Å²) in [5.41, 5.74) is 0.118. The van der Waals surface area contributed by atoms with Crippen LogP contribution in [0.25, 0.3) is 0 Å². The van der Waals surface area contributed by atoms with Gasteiger partial charge in [-0.3, -0.25) is 0 Å².